The number of nitrogen functional groups attached to an aromatic ring is 1. The first kappa shape index (κ1) is 16.1. The molecule has 3 aromatic rings. The number of nitrogens with one attached hydrogen (secondary N) is 1. The third kappa shape index (κ3) is 3.93. The highest BCUT2D eigenvalue weighted by molar-refractivity contribution is 5.34. The number of nitrogens with two attached hydrogens (primary N) is 1. The Morgan fingerprint density at radius 3 is 2.33 bits per heavy atom. The monoisotopic (exact) mass is 319 g/mol. The van der Waals surface area contributed by atoms with E-state index in [4.69, 9.17) is 10.5 Å². The van der Waals surface area contributed by atoms with Gasteiger partial charge in [0.15, 0.2) is 0 Å². The van der Waals surface area contributed by atoms with Crippen LogP contribution in [-0.2, 0) is 6.42 Å². The topological polar surface area (TPSA) is 49.4 Å². The van der Waals surface area contributed by atoms with Gasteiger partial charge in [0.1, 0.15) is 11.4 Å². The molecule has 1 heterocycles. The average molecular weight is 319 g/mol. The lowest BCUT2D eigenvalue weighted by molar-refractivity contribution is -0.374. The Labute approximate surface area is 143 Å². The molecule has 0 saturated carbocycles. The van der Waals surface area contributed by atoms with Crippen LogP contribution in [0, 0.1) is 0 Å². The lowest BCUT2D eigenvalue weighted by Crippen LogP contribution is -2.21. The Kier molecular flexibility index (Phi) is 5.12. The van der Waals surface area contributed by atoms with E-state index in [0.29, 0.717) is 12.4 Å². The molecule has 3 heteroatoms. The molecular weight excluding hydrogens is 296 g/mol. The molecule has 1 unspecified atom stereocenters. The zero-order valence-electron chi connectivity index (χ0n) is 13.9. The predicted molar refractivity (Wildman–Crippen MR) is 97.0 cm³/mol. The number of hydrogen-bond acceptors (Lipinski definition) is 2. The summed E-state index contributed by atoms with van der Waals surface area (Å²) in [5, 5.41) is 0. The van der Waals surface area contributed by atoms with E-state index in [2.05, 4.69) is 47.4 Å². The molecule has 0 radical (unpaired) electrons. The van der Waals surface area contributed by atoms with E-state index in [9.17, 15) is 0 Å². The molecular formula is C21H23N2O+. The van der Waals surface area contributed by atoms with Crippen molar-refractivity contribution in [1.29, 1.82) is 0 Å². The number of hydrogen-bond donors (Lipinski definition) is 1. The Hall–Kier alpha value is -2.81. The van der Waals surface area contributed by atoms with Gasteiger partial charge in [0.25, 0.3) is 5.82 Å². The van der Waals surface area contributed by atoms with Crippen molar-refractivity contribution in [1.82, 2.24) is 0 Å². The molecule has 0 aliphatic carbocycles. The first-order valence-corrected chi connectivity index (χ1v) is 8.30. The van der Waals surface area contributed by atoms with Crippen LogP contribution in [0.2, 0.25) is 0 Å². The van der Waals surface area contributed by atoms with Crippen LogP contribution in [0.3, 0.4) is 0 Å². The molecule has 0 saturated heterocycles. The predicted octanol–water partition coefficient (Wildman–Crippen LogP) is 3.86. The van der Waals surface area contributed by atoms with Gasteiger partial charge in [0.05, 0.1) is 6.61 Å². The smallest absolute Gasteiger partial charge is 0.270 e. The average Bonchev–Trinajstić information content (AvgIpc) is 2.62. The summed E-state index contributed by atoms with van der Waals surface area (Å²) in [7, 11) is 0. The normalized spacial score (nSPS) is 11.9. The van der Waals surface area contributed by atoms with Crippen molar-refractivity contribution in [3.8, 4) is 5.75 Å². The van der Waals surface area contributed by atoms with Gasteiger partial charge in [-0.05, 0) is 42.7 Å². The number of benzene rings is 2. The molecule has 2 aromatic carbocycles. The van der Waals surface area contributed by atoms with Crippen molar-refractivity contribution < 1.29 is 9.72 Å². The standard InChI is InChI=1S/C21H22N2O/c1-2-24-18-13-11-16(12-14-18)15-19(17-7-4-3-5-8-17)20-9-6-10-21(22)23-20/h3-14,19H,2,15H2,1H3,(H2,22,23)/p+1. The van der Waals surface area contributed by atoms with Gasteiger partial charge >= 0.3 is 0 Å². The maximum atomic E-state index is 5.95. The number of anilines is 1. The van der Waals surface area contributed by atoms with Gasteiger partial charge in [-0.2, -0.15) is 0 Å². The number of rotatable bonds is 6. The van der Waals surface area contributed by atoms with Gasteiger partial charge < -0.3 is 4.74 Å². The van der Waals surface area contributed by atoms with Crippen molar-refractivity contribution in [2.45, 2.75) is 19.3 Å². The molecule has 122 valence electrons. The van der Waals surface area contributed by atoms with E-state index in [1.165, 1.54) is 11.1 Å². The zero-order chi connectivity index (χ0) is 16.8. The first-order chi connectivity index (χ1) is 11.8. The van der Waals surface area contributed by atoms with Gasteiger partial charge in [-0.15, -0.1) is 0 Å². The Morgan fingerprint density at radius 2 is 1.67 bits per heavy atom. The summed E-state index contributed by atoms with van der Waals surface area (Å²) in [6.07, 6.45) is 0.899. The third-order valence-electron chi connectivity index (χ3n) is 4.09. The third-order valence-corrected chi connectivity index (χ3v) is 4.09. The summed E-state index contributed by atoms with van der Waals surface area (Å²) in [6, 6.07) is 24.8. The van der Waals surface area contributed by atoms with E-state index >= 15 is 0 Å². The van der Waals surface area contributed by atoms with Gasteiger partial charge in [-0.1, -0.05) is 48.5 Å². The second-order valence-corrected chi connectivity index (χ2v) is 5.81. The summed E-state index contributed by atoms with van der Waals surface area (Å²) >= 11 is 0. The van der Waals surface area contributed by atoms with Crippen molar-refractivity contribution in [2.24, 2.45) is 0 Å². The summed E-state index contributed by atoms with van der Waals surface area (Å²) in [6.45, 7) is 2.68. The van der Waals surface area contributed by atoms with Crippen LogP contribution in [0.15, 0.2) is 72.8 Å². The Bertz CT molecular complexity index is 769. The van der Waals surface area contributed by atoms with Crippen LogP contribution in [0.5, 0.6) is 5.75 Å². The summed E-state index contributed by atoms with van der Waals surface area (Å²) < 4.78 is 5.53. The second-order valence-electron chi connectivity index (χ2n) is 5.81. The summed E-state index contributed by atoms with van der Waals surface area (Å²) in [4.78, 5) is 3.31. The molecule has 3 N–H and O–H groups in total. The van der Waals surface area contributed by atoms with Crippen molar-refractivity contribution in [3.05, 3.63) is 89.6 Å². The number of aromatic nitrogens is 1. The minimum absolute atomic E-state index is 0.229. The maximum Gasteiger partial charge on any atom is 0.270 e. The lowest BCUT2D eigenvalue weighted by Gasteiger charge is -2.16. The molecule has 0 aliphatic heterocycles. The minimum atomic E-state index is 0.229. The highest BCUT2D eigenvalue weighted by Crippen LogP contribution is 2.27. The van der Waals surface area contributed by atoms with Crippen molar-refractivity contribution >= 4 is 5.82 Å². The molecule has 24 heavy (non-hydrogen) atoms. The zero-order valence-corrected chi connectivity index (χ0v) is 13.9. The van der Waals surface area contributed by atoms with E-state index in [-0.39, 0.29) is 5.92 Å². The molecule has 0 fully saturated rings. The molecule has 3 nitrogen and oxygen atoms in total. The highest BCUT2D eigenvalue weighted by atomic mass is 16.5. The molecule has 0 spiro atoms. The number of ether oxygens (including phenoxy) is 1. The van der Waals surface area contributed by atoms with Crippen LogP contribution in [0.4, 0.5) is 5.82 Å². The van der Waals surface area contributed by atoms with Crippen molar-refractivity contribution in [3.63, 3.8) is 0 Å². The van der Waals surface area contributed by atoms with Crippen molar-refractivity contribution in [2.75, 3.05) is 12.3 Å². The first-order valence-electron chi connectivity index (χ1n) is 8.30. The quantitative estimate of drug-likeness (QED) is 0.750. The van der Waals surface area contributed by atoms with Gasteiger partial charge in [0.2, 0.25) is 0 Å². The largest absolute Gasteiger partial charge is 0.494 e. The van der Waals surface area contributed by atoms with E-state index in [0.717, 1.165) is 17.9 Å². The van der Waals surface area contributed by atoms with Gasteiger partial charge in [-0.25, -0.2) is 4.98 Å². The van der Waals surface area contributed by atoms with Crippen LogP contribution in [0.1, 0.15) is 29.7 Å². The lowest BCUT2D eigenvalue weighted by atomic mass is 9.89. The van der Waals surface area contributed by atoms with Gasteiger partial charge in [-0.3, -0.25) is 5.73 Å². The van der Waals surface area contributed by atoms with Crippen LogP contribution >= 0.6 is 0 Å². The van der Waals surface area contributed by atoms with E-state index in [1.54, 1.807) is 0 Å². The van der Waals surface area contributed by atoms with E-state index < -0.39 is 0 Å². The summed E-state index contributed by atoms with van der Waals surface area (Å²) in [5.74, 6) is 1.82. The number of aromatic amines is 1. The highest BCUT2D eigenvalue weighted by Gasteiger charge is 2.18. The second kappa shape index (κ2) is 7.64. The molecule has 0 amide bonds. The number of pyridine rings is 1. The fourth-order valence-corrected chi connectivity index (χ4v) is 2.93. The number of H-pyrrole nitrogens is 1. The fourth-order valence-electron chi connectivity index (χ4n) is 2.93. The van der Waals surface area contributed by atoms with Crippen LogP contribution in [-0.4, -0.2) is 6.61 Å². The fraction of sp³-hybridized carbons (Fsp3) is 0.190. The minimum Gasteiger partial charge on any atom is -0.494 e. The molecule has 1 atom stereocenters. The van der Waals surface area contributed by atoms with Crippen LogP contribution < -0.4 is 15.5 Å². The Morgan fingerprint density at radius 1 is 0.917 bits per heavy atom. The summed E-state index contributed by atoms with van der Waals surface area (Å²) in [5.41, 5.74) is 9.61. The molecule has 1 aromatic heterocycles. The Balaban J connectivity index is 1.90. The van der Waals surface area contributed by atoms with Crippen LogP contribution in [0.25, 0.3) is 0 Å². The molecule has 0 bridgehead atoms. The molecule has 3 rings (SSSR count). The molecule has 0 aliphatic rings. The maximum absolute atomic E-state index is 5.95. The van der Waals surface area contributed by atoms with E-state index in [1.807, 2.05) is 37.3 Å². The SMILES string of the molecule is CCOc1ccc(CC(c2ccccc2)c2cccc(N)[nH+]2)cc1. The van der Waals surface area contributed by atoms with Gasteiger partial charge in [0, 0.05) is 12.0 Å².